The summed E-state index contributed by atoms with van der Waals surface area (Å²) in [6.07, 6.45) is 2.52. The highest BCUT2D eigenvalue weighted by atomic mass is 16.5. The second-order valence-electron chi connectivity index (χ2n) is 3.48. The molecule has 0 aromatic heterocycles. The topological polar surface area (TPSA) is 63.6 Å². The average molecular weight is 214 g/mol. The first kappa shape index (κ1) is 13.7. The van der Waals surface area contributed by atoms with Crippen LogP contribution >= 0.6 is 0 Å². The third kappa shape index (κ3) is 5.20. The number of carboxylic acid groups (broad SMARTS) is 1. The molecule has 4 nitrogen and oxygen atoms in total. The number of unbranched alkanes of at least 4 members (excludes halogenated alkanes) is 1. The lowest BCUT2D eigenvalue weighted by Gasteiger charge is -2.12. The number of rotatable bonds is 7. The molecule has 0 aromatic rings. The number of hydrogen-bond acceptors (Lipinski definition) is 3. The first-order valence-corrected chi connectivity index (χ1v) is 5.01. The molecule has 0 spiro atoms. The molecule has 1 atom stereocenters. The minimum absolute atomic E-state index is 0.169. The highest BCUT2D eigenvalue weighted by Crippen LogP contribution is 2.18. The van der Waals surface area contributed by atoms with Crippen LogP contribution in [0.5, 0.6) is 0 Å². The zero-order valence-corrected chi connectivity index (χ0v) is 9.28. The van der Waals surface area contributed by atoms with Crippen molar-refractivity contribution < 1.29 is 19.4 Å². The van der Waals surface area contributed by atoms with Gasteiger partial charge in [-0.25, -0.2) is 4.79 Å². The van der Waals surface area contributed by atoms with Crippen LogP contribution in [0, 0.1) is 5.92 Å². The molecule has 0 aliphatic heterocycles. The van der Waals surface area contributed by atoms with E-state index in [2.05, 4.69) is 11.3 Å². The van der Waals surface area contributed by atoms with Crippen molar-refractivity contribution in [3.05, 3.63) is 12.2 Å². The highest BCUT2D eigenvalue weighted by molar-refractivity contribution is 5.88. The van der Waals surface area contributed by atoms with Gasteiger partial charge in [-0.2, -0.15) is 0 Å². The third-order valence-corrected chi connectivity index (χ3v) is 2.22. The molecule has 4 heteroatoms. The van der Waals surface area contributed by atoms with Gasteiger partial charge in [-0.15, -0.1) is 0 Å². The van der Waals surface area contributed by atoms with E-state index in [0.717, 1.165) is 12.8 Å². The van der Waals surface area contributed by atoms with Crippen molar-refractivity contribution in [3.63, 3.8) is 0 Å². The van der Waals surface area contributed by atoms with Crippen LogP contribution in [0.25, 0.3) is 0 Å². The predicted molar refractivity (Wildman–Crippen MR) is 56.4 cm³/mol. The monoisotopic (exact) mass is 214 g/mol. The number of hydrogen-bond donors (Lipinski definition) is 1. The van der Waals surface area contributed by atoms with Crippen LogP contribution in [0.3, 0.4) is 0 Å². The molecular weight excluding hydrogens is 196 g/mol. The van der Waals surface area contributed by atoms with Crippen molar-refractivity contribution in [1.29, 1.82) is 0 Å². The van der Waals surface area contributed by atoms with Crippen LogP contribution in [0.1, 0.15) is 32.6 Å². The van der Waals surface area contributed by atoms with E-state index in [4.69, 9.17) is 5.11 Å². The number of aliphatic carboxylic acids is 1. The van der Waals surface area contributed by atoms with Crippen LogP contribution < -0.4 is 0 Å². The van der Waals surface area contributed by atoms with E-state index in [1.165, 1.54) is 7.11 Å². The number of carbonyl (C=O) groups excluding carboxylic acids is 1. The van der Waals surface area contributed by atoms with Crippen molar-refractivity contribution >= 4 is 11.9 Å². The summed E-state index contributed by atoms with van der Waals surface area (Å²) < 4.78 is 4.47. The molecule has 0 heterocycles. The number of carbonyl (C=O) groups is 2. The van der Waals surface area contributed by atoms with Gasteiger partial charge in [0.2, 0.25) is 0 Å². The Labute approximate surface area is 89.9 Å². The molecule has 1 N–H and O–H groups in total. The molecule has 0 aliphatic carbocycles. The number of methoxy groups -OCH3 is 1. The molecule has 1 unspecified atom stereocenters. The fourth-order valence-electron chi connectivity index (χ4n) is 1.29. The van der Waals surface area contributed by atoms with Crippen molar-refractivity contribution in [1.82, 2.24) is 0 Å². The van der Waals surface area contributed by atoms with E-state index in [1.807, 2.05) is 6.92 Å². The normalized spacial score (nSPS) is 11.9. The summed E-state index contributed by atoms with van der Waals surface area (Å²) >= 11 is 0. The first-order valence-electron chi connectivity index (χ1n) is 5.01. The minimum Gasteiger partial charge on any atom is -0.481 e. The minimum atomic E-state index is -0.881. The van der Waals surface area contributed by atoms with Gasteiger partial charge < -0.3 is 9.84 Å². The molecule has 0 radical (unpaired) electrons. The molecule has 0 aliphatic rings. The van der Waals surface area contributed by atoms with E-state index in [0.29, 0.717) is 6.42 Å². The lowest BCUT2D eigenvalue weighted by Crippen LogP contribution is -2.17. The van der Waals surface area contributed by atoms with Crippen LogP contribution in [0.4, 0.5) is 0 Å². The van der Waals surface area contributed by atoms with Gasteiger partial charge in [0.15, 0.2) is 0 Å². The maximum atomic E-state index is 11.0. The van der Waals surface area contributed by atoms with Crippen molar-refractivity contribution in [2.45, 2.75) is 32.6 Å². The Balaban J connectivity index is 4.22. The number of carboxylic acids is 1. The molecule has 0 bridgehead atoms. The van der Waals surface area contributed by atoms with Gasteiger partial charge in [-0.05, 0) is 12.8 Å². The van der Waals surface area contributed by atoms with Crippen LogP contribution in [-0.4, -0.2) is 24.2 Å². The molecule has 0 aromatic carbocycles. The lowest BCUT2D eigenvalue weighted by atomic mass is 9.95. The fourth-order valence-corrected chi connectivity index (χ4v) is 1.29. The highest BCUT2D eigenvalue weighted by Gasteiger charge is 2.20. The summed E-state index contributed by atoms with van der Waals surface area (Å²) in [6, 6.07) is 0. The van der Waals surface area contributed by atoms with Crippen LogP contribution in [-0.2, 0) is 14.3 Å². The summed E-state index contributed by atoms with van der Waals surface area (Å²) in [5.41, 5.74) is 0.223. The van der Waals surface area contributed by atoms with E-state index in [1.54, 1.807) is 0 Å². The van der Waals surface area contributed by atoms with Gasteiger partial charge in [0.25, 0.3) is 0 Å². The van der Waals surface area contributed by atoms with E-state index < -0.39 is 17.9 Å². The molecule has 0 rings (SSSR count). The van der Waals surface area contributed by atoms with Crippen molar-refractivity contribution in [2.24, 2.45) is 5.92 Å². The molecule has 0 fully saturated rings. The van der Waals surface area contributed by atoms with Gasteiger partial charge in [-0.1, -0.05) is 26.3 Å². The fraction of sp³-hybridized carbons (Fsp3) is 0.636. The Morgan fingerprint density at radius 1 is 1.47 bits per heavy atom. The number of ether oxygens (including phenoxy) is 1. The Hall–Kier alpha value is -1.32. The Morgan fingerprint density at radius 3 is 2.47 bits per heavy atom. The maximum Gasteiger partial charge on any atom is 0.333 e. The van der Waals surface area contributed by atoms with E-state index in [-0.39, 0.29) is 12.0 Å². The zero-order valence-electron chi connectivity index (χ0n) is 9.28. The van der Waals surface area contributed by atoms with Gasteiger partial charge in [0.1, 0.15) is 0 Å². The van der Waals surface area contributed by atoms with Crippen LogP contribution in [0.15, 0.2) is 12.2 Å². The Kier molecular flexibility index (Phi) is 6.42. The molecular formula is C11H18O4. The SMILES string of the molecule is C=C(CC(CCCC)C(=O)O)C(=O)OC. The second kappa shape index (κ2) is 7.04. The summed E-state index contributed by atoms with van der Waals surface area (Å²) in [5, 5.41) is 8.91. The third-order valence-electron chi connectivity index (χ3n) is 2.22. The van der Waals surface area contributed by atoms with E-state index in [9.17, 15) is 9.59 Å². The predicted octanol–water partition coefficient (Wildman–Crippen LogP) is 2.00. The molecule has 86 valence electrons. The van der Waals surface area contributed by atoms with Crippen molar-refractivity contribution in [2.75, 3.05) is 7.11 Å². The quantitative estimate of drug-likeness (QED) is 0.520. The summed E-state index contributed by atoms with van der Waals surface area (Å²) in [7, 11) is 1.26. The second-order valence-corrected chi connectivity index (χ2v) is 3.48. The molecule has 0 amide bonds. The van der Waals surface area contributed by atoms with Gasteiger partial charge in [-0.3, -0.25) is 4.79 Å². The van der Waals surface area contributed by atoms with Crippen molar-refractivity contribution in [3.8, 4) is 0 Å². The smallest absolute Gasteiger partial charge is 0.333 e. The number of esters is 1. The molecule has 0 saturated heterocycles. The van der Waals surface area contributed by atoms with Gasteiger partial charge in [0.05, 0.1) is 13.0 Å². The van der Waals surface area contributed by atoms with E-state index >= 15 is 0 Å². The van der Waals surface area contributed by atoms with Gasteiger partial charge in [0, 0.05) is 5.57 Å². The lowest BCUT2D eigenvalue weighted by molar-refractivity contribution is -0.142. The Bertz CT molecular complexity index is 245. The Morgan fingerprint density at radius 2 is 2.07 bits per heavy atom. The van der Waals surface area contributed by atoms with Gasteiger partial charge >= 0.3 is 11.9 Å². The largest absolute Gasteiger partial charge is 0.481 e. The molecule has 15 heavy (non-hydrogen) atoms. The zero-order chi connectivity index (χ0) is 11.8. The molecule has 0 saturated carbocycles. The average Bonchev–Trinajstić information content (AvgIpc) is 2.22. The standard InChI is InChI=1S/C11H18O4/c1-4-5-6-9(10(12)13)7-8(2)11(14)15-3/h9H,2,4-7H2,1,3H3,(H,12,13). The maximum absolute atomic E-state index is 11.0. The summed E-state index contributed by atoms with van der Waals surface area (Å²) in [5.74, 6) is -1.94. The van der Waals surface area contributed by atoms with Crippen LogP contribution in [0.2, 0.25) is 0 Å². The summed E-state index contributed by atoms with van der Waals surface area (Å²) in [4.78, 5) is 21.9. The summed E-state index contributed by atoms with van der Waals surface area (Å²) in [6.45, 7) is 5.51. The first-order chi connectivity index (χ1) is 7.02.